The van der Waals surface area contributed by atoms with Crippen molar-refractivity contribution in [3.05, 3.63) is 71.9 Å². The summed E-state index contributed by atoms with van der Waals surface area (Å²) < 4.78 is 5.39. The number of para-hydroxylation sites is 1. The number of carbonyl (C=O) groups excluding carboxylic acids is 2. The number of nitrogens with zero attached hydrogens (tertiary/aromatic N) is 3. The standard InChI is InChI=1S/C24H26N4O3/c1-31-22-15-21(26-20-10-6-5-9-19(20)22)24(30)25-16-23(29)28-13-11-27(12-14-28)17-18-7-3-2-4-8-18/h2-10,15H,11-14,16-17H2,1H3,(H,25,30). The SMILES string of the molecule is COc1cc(C(=O)NCC(=O)N2CCN(Cc3ccccc3)CC2)nc2ccccc12. The minimum atomic E-state index is -0.389. The number of aromatic nitrogens is 1. The van der Waals surface area contributed by atoms with Gasteiger partial charge in [-0.3, -0.25) is 14.5 Å². The number of ether oxygens (including phenoxy) is 1. The lowest BCUT2D eigenvalue weighted by molar-refractivity contribution is -0.131. The molecule has 7 heteroatoms. The lowest BCUT2D eigenvalue weighted by atomic mass is 10.1. The Morgan fingerprint density at radius 2 is 1.71 bits per heavy atom. The molecule has 1 aromatic heterocycles. The fourth-order valence-electron chi connectivity index (χ4n) is 3.78. The van der Waals surface area contributed by atoms with Crippen molar-refractivity contribution in [1.29, 1.82) is 0 Å². The molecule has 31 heavy (non-hydrogen) atoms. The minimum absolute atomic E-state index is 0.0473. The number of amides is 2. The summed E-state index contributed by atoms with van der Waals surface area (Å²) in [5.74, 6) is 0.109. The van der Waals surface area contributed by atoms with Crippen LogP contribution in [0.4, 0.5) is 0 Å². The Morgan fingerprint density at radius 3 is 2.45 bits per heavy atom. The van der Waals surface area contributed by atoms with E-state index in [0.717, 1.165) is 25.0 Å². The van der Waals surface area contributed by atoms with E-state index in [-0.39, 0.29) is 24.1 Å². The molecular weight excluding hydrogens is 392 g/mol. The van der Waals surface area contributed by atoms with Crippen molar-refractivity contribution in [2.45, 2.75) is 6.54 Å². The number of piperazine rings is 1. The maximum absolute atomic E-state index is 12.6. The van der Waals surface area contributed by atoms with Gasteiger partial charge < -0.3 is 15.0 Å². The van der Waals surface area contributed by atoms with Crippen molar-refractivity contribution < 1.29 is 14.3 Å². The highest BCUT2D eigenvalue weighted by Gasteiger charge is 2.22. The fraction of sp³-hybridized carbons (Fsp3) is 0.292. The first-order valence-electron chi connectivity index (χ1n) is 10.4. The second kappa shape index (κ2) is 9.57. The predicted molar refractivity (Wildman–Crippen MR) is 119 cm³/mol. The van der Waals surface area contributed by atoms with Gasteiger partial charge in [0.1, 0.15) is 11.4 Å². The molecule has 3 aromatic rings. The molecule has 2 amide bonds. The van der Waals surface area contributed by atoms with Crippen LogP contribution >= 0.6 is 0 Å². The molecule has 0 spiro atoms. The Balaban J connectivity index is 1.30. The van der Waals surface area contributed by atoms with Gasteiger partial charge in [-0.2, -0.15) is 0 Å². The number of fused-ring (bicyclic) bond motifs is 1. The van der Waals surface area contributed by atoms with Crippen LogP contribution in [0.25, 0.3) is 10.9 Å². The van der Waals surface area contributed by atoms with E-state index < -0.39 is 0 Å². The van der Waals surface area contributed by atoms with Crippen molar-refractivity contribution in [2.75, 3.05) is 39.8 Å². The van der Waals surface area contributed by atoms with Gasteiger partial charge in [-0.05, 0) is 17.7 Å². The summed E-state index contributed by atoms with van der Waals surface area (Å²) in [7, 11) is 1.56. The van der Waals surface area contributed by atoms with Gasteiger partial charge in [0.05, 0.1) is 19.2 Å². The third-order valence-corrected chi connectivity index (χ3v) is 5.50. The Labute approximate surface area is 181 Å². The van der Waals surface area contributed by atoms with Crippen LogP contribution in [-0.4, -0.2) is 66.4 Å². The molecule has 1 N–H and O–H groups in total. The van der Waals surface area contributed by atoms with E-state index in [0.29, 0.717) is 24.4 Å². The predicted octanol–water partition coefficient (Wildman–Crippen LogP) is 2.32. The van der Waals surface area contributed by atoms with E-state index >= 15 is 0 Å². The molecule has 2 aromatic carbocycles. The largest absolute Gasteiger partial charge is 0.496 e. The molecule has 2 heterocycles. The van der Waals surface area contributed by atoms with Crippen molar-refractivity contribution in [3.63, 3.8) is 0 Å². The van der Waals surface area contributed by atoms with E-state index in [1.54, 1.807) is 18.1 Å². The fourth-order valence-corrected chi connectivity index (χ4v) is 3.78. The van der Waals surface area contributed by atoms with Gasteiger partial charge in [0.15, 0.2) is 0 Å². The summed E-state index contributed by atoms with van der Waals surface area (Å²) in [5, 5.41) is 3.54. The molecular formula is C24H26N4O3. The molecule has 0 bridgehead atoms. The van der Waals surface area contributed by atoms with Crippen molar-refractivity contribution >= 4 is 22.7 Å². The smallest absolute Gasteiger partial charge is 0.270 e. The Bertz CT molecular complexity index is 1060. The number of hydrogen-bond acceptors (Lipinski definition) is 5. The molecule has 0 saturated carbocycles. The first-order valence-corrected chi connectivity index (χ1v) is 10.4. The van der Waals surface area contributed by atoms with E-state index in [9.17, 15) is 9.59 Å². The number of benzene rings is 2. The van der Waals surface area contributed by atoms with Gasteiger partial charge in [-0.25, -0.2) is 4.98 Å². The zero-order chi connectivity index (χ0) is 21.6. The molecule has 160 valence electrons. The van der Waals surface area contributed by atoms with E-state index in [2.05, 4.69) is 27.3 Å². The van der Waals surface area contributed by atoms with Gasteiger partial charge in [0.2, 0.25) is 5.91 Å². The molecule has 7 nitrogen and oxygen atoms in total. The summed E-state index contributed by atoms with van der Waals surface area (Å²) >= 11 is 0. The highest BCUT2D eigenvalue weighted by molar-refractivity contribution is 5.98. The number of methoxy groups -OCH3 is 1. The Hall–Kier alpha value is -3.45. The van der Waals surface area contributed by atoms with Crippen LogP contribution in [0.3, 0.4) is 0 Å². The van der Waals surface area contributed by atoms with Crippen molar-refractivity contribution in [3.8, 4) is 5.75 Å². The van der Waals surface area contributed by atoms with Gasteiger partial charge >= 0.3 is 0 Å². The van der Waals surface area contributed by atoms with Crippen LogP contribution in [0.1, 0.15) is 16.1 Å². The first-order chi connectivity index (χ1) is 15.1. The van der Waals surface area contributed by atoms with E-state index in [1.165, 1.54) is 5.56 Å². The third-order valence-electron chi connectivity index (χ3n) is 5.50. The maximum atomic E-state index is 12.6. The highest BCUT2D eigenvalue weighted by Crippen LogP contribution is 2.24. The Morgan fingerprint density at radius 1 is 1.00 bits per heavy atom. The van der Waals surface area contributed by atoms with Crippen LogP contribution in [0.5, 0.6) is 5.75 Å². The number of rotatable bonds is 6. The maximum Gasteiger partial charge on any atom is 0.270 e. The molecule has 4 rings (SSSR count). The second-order valence-electron chi connectivity index (χ2n) is 7.55. The second-order valence-corrected chi connectivity index (χ2v) is 7.55. The summed E-state index contributed by atoms with van der Waals surface area (Å²) in [6.45, 7) is 3.78. The van der Waals surface area contributed by atoms with Gasteiger partial charge in [0, 0.05) is 44.2 Å². The van der Waals surface area contributed by atoms with E-state index in [1.807, 2.05) is 42.5 Å². The number of hydrogen-bond donors (Lipinski definition) is 1. The van der Waals surface area contributed by atoms with Crippen molar-refractivity contribution in [1.82, 2.24) is 20.1 Å². The zero-order valence-electron chi connectivity index (χ0n) is 17.6. The minimum Gasteiger partial charge on any atom is -0.496 e. The lowest BCUT2D eigenvalue weighted by Crippen LogP contribution is -2.50. The first kappa shape index (κ1) is 20.8. The molecule has 1 fully saturated rings. The summed E-state index contributed by atoms with van der Waals surface area (Å²) in [6, 6.07) is 19.4. The Kier molecular flexibility index (Phi) is 6.43. The topological polar surface area (TPSA) is 74.8 Å². The van der Waals surface area contributed by atoms with Crippen LogP contribution < -0.4 is 10.1 Å². The molecule has 0 unspecified atom stereocenters. The number of carbonyl (C=O) groups is 2. The number of nitrogens with one attached hydrogen (secondary N) is 1. The monoisotopic (exact) mass is 418 g/mol. The van der Waals surface area contributed by atoms with Crippen LogP contribution in [0.2, 0.25) is 0 Å². The average Bonchev–Trinajstić information content (AvgIpc) is 2.82. The van der Waals surface area contributed by atoms with E-state index in [4.69, 9.17) is 4.74 Å². The molecule has 0 aliphatic carbocycles. The van der Waals surface area contributed by atoms with Crippen LogP contribution in [-0.2, 0) is 11.3 Å². The van der Waals surface area contributed by atoms with Crippen molar-refractivity contribution in [2.24, 2.45) is 0 Å². The summed E-state index contributed by atoms with van der Waals surface area (Å²) in [5.41, 5.74) is 2.18. The van der Waals surface area contributed by atoms with Crippen LogP contribution in [0, 0.1) is 0 Å². The zero-order valence-corrected chi connectivity index (χ0v) is 17.6. The molecule has 0 atom stereocenters. The molecule has 1 aliphatic heterocycles. The normalized spacial score (nSPS) is 14.4. The molecule has 1 saturated heterocycles. The number of pyridine rings is 1. The van der Waals surface area contributed by atoms with Gasteiger partial charge in [0.25, 0.3) is 5.91 Å². The summed E-state index contributed by atoms with van der Waals surface area (Å²) in [6.07, 6.45) is 0. The van der Waals surface area contributed by atoms with Gasteiger partial charge in [-0.1, -0.05) is 42.5 Å². The van der Waals surface area contributed by atoms with Gasteiger partial charge in [-0.15, -0.1) is 0 Å². The molecule has 1 aliphatic rings. The highest BCUT2D eigenvalue weighted by atomic mass is 16.5. The molecule has 0 radical (unpaired) electrons. The lowest BCUT2D eigenvalue weighted by Gasteiger charge is -2.34. The van der Waals surface area contributed by atoms with Crippen LogP contribution in [0.15, 0.2) is 60.7 Å². The summed E-state index contributed by atoms with van der Waals surface area (Å²) in [4.78, 5) is 33.7. The quantitative estimate of drug-likeness (QED) is 0.665. The average molecular weight is 418 g/mol. The third kappa shape index (κ3) is 5.00.